The minimum atomic E-state index is -0.0585. The first kappa shape index (κ1) is 12.4. The van der Waals surface area contributed by atoms with E-state index in [1.165, 1.54) is 0 Å². The van der Waals surface area contributed by atoms with Gasteiger partial charge in [-0.05, 0) is 45.0 Å². The van der Waals surface area contributed by atoms with Crippen LogP contribution in [0.25, 0.3) is 5.69 Å². The summed E-state index contributed by atoms with van der Waals surface area (Å²) in [5.74, 6) is 0. The summed E-state index contributed by atoms with van der Waals surface area (Å²) in [7, 11) is 0. The highest BCUT2D eigenvalue weighted by molar-refractivity contribution is 5.44. The number of nitrogens with one attached hydrogen (secondary N) is 1. The van der Waals surface area contributed by atoms with Crippen LogP contribution in [0.5, 0.6) is 0 Å². The Hall–Kier alpha value is -2.10. The Bertz CT molecular complexity index is 585. The third-order valence-electron chi connectivity index (χ3n) is 2.57. The lowest BCUT2D eigenvalue weighted by Gasteiger charge is -2.11. The summed E-state index contributed by atoms with van der Waals surface area (Å²) < 4.78 is 1.59. The molecular formula is C14H17N3O. The summed E-state index contributed by atoms with van der Waals surface area (Å²) in [6.07, 6.45) is 3.45. The largest absolute Gasteiger partial charge is 0.378 e. The first-order valence-electron chi connectivity index (χ1n) is 5.99. The SMILES string of the molecule is Cc1ccc(-n2cccc(NC(C)C)c2=O)cn1. The molecule has 0 saturated carbocycles. The van der Waals surface area contributed by atoms with E-state index in [0.717, 1.165) is 11.4 Å². The van der Waals surface area contributed by atoms with E-state index in [0.29, 0.717) is 5.69 Å². The number of rotatable bonds is 3. The van der Waals surface area contributed by atoms with Gasteiger partial charge in [0, 0.05) is 17.9 Å². The molecule has 0 atom stereocenters. The van der Waals surface area contributed by atoms with Crippen molar-refractivity contribution in [3.63, 3.8) is 0 Å². The van der Waals surface area contributed by atoms with Crippen molar-refractivity contribution in [2.45, 2.75) is 26.8 Å². The molecule has 4 heteroatoms. The van der Waals surface area contributed by atoms with Crippen LogP contribution < -0.4 is 10.9 Å². The third kappa shape index (κ3) is 2.59. The normalized spacial score (nSPS) is 10.7. The van der Waals surface area contributed by atoms with Gasteiger partial charge >= 0.3 is 0 Å². The lowest BCUT2D eigenvalue weighted by molar-refractivity contribution is 0.882. The Kier molecular flexibility index (Phi) is 3.46. The molecule has 18 heavy (non-hydrogen) atoms. The summed E-state index contributed by atoms with van der Waals surface area (Å²) in [5.41, 5.74) is 2.26. The minimum absolute atomic E-state index is 0.0585. The summed E-state index contributed by atoms with van der Waals surface area (Å²) in [5, 5.41) is 3.14. The molecule has 94 valence electrons. The van der Waals surface area contributed by atoms with Gasteiger partial charge in [0.1, 0.15) is 5.69 Å². The molecule has 0 spiro atoms. The zero-order valence-electron chi connectivity index (χ0n) is 10.8. The Labute approximate surface area is 106 Å². The van der Waals surface area contributed by atoms with Crippen LogP contribution in [0.1, 0.15) is 19.5 Å². The van der Waals surface area contributed by atoms with Crippen molar-refractivity contribution in [3.05, 3.63) is 52.7 Å². The molecule has 0 aromatic carbocycles. The first-order chi connectivity index (χ1) is 8.58. The Morgan fingerprint density at radius 1 is 1.28 bits per heavy atom. The first-order valence-corrected chi connectivity index (χ1v) is 5.99. The van der Waals surface area contributed by atoms with Gasteiger partial charge in [-0.25, -0.2) is 0 Å². The molecule has 0 bridgehead atoms. The van der Waals surface area contributed by atoms with E-state index in [-0.39, 0.29) is 11.6 Å². The summed E-state index contributed by atoms with van der Waals surface area (Å²) in [4.78, 5) is 16.5. The minimum Gasteiger partial charge on any atom is -0.378 e. The molecule has 0 radical (unpaired) electrons. The van der Waals surface area contributed by atoms with Gasteiger partial charge in [-0.15, -0.1) is 0 Å². The van der Waals surface area contributed by atoms with E-state index in [4.69, 9.17) is 0 Å². The lowest BCUT2D eigenvalue weighted by atomic mass is 10.3. The summed E-state index contributed by atoms with van der Waals surface area (Å²) in [6, 6.07) is 7.66. The lowest BCUT2D eigenvalue weighted by Crippen LogP contribution is -2.24. The molecule has 2 aromatic rings. The van der Waals surface area contributed by atoms with Crippen LogP contribution in [0.15, 0.2) is 41.5 Å². The monoisotopic (exact) mass is 243 g/mol. The van der Waals surface area contributed by atoms with Crippen LogP contribution in [-0.2, 0) is 0 Å². The maximum absolute atomic E-state index is 12.3. The summed E-state index contributed by atoms with van der Waals surface area (Å²) in [6.45, 7) is 5.93. The van der Waals surface area contributed by atoms with Gasteiger partial charge < -0.3 is 5.32 Å². The van der Waals surface area contributed by atoms with Crippen LogP contribution in [0.4, 0.5) is 5.69 Å². The van der Waals surface area contributed by atoms with Crippen molar-refractivity contribution in [1.29, 1.82) is 0 Å². The molecule has 2 heterocycles. The molecule has 0 aliphatic rings. The molecule has 0 amide bonds. The molecule has 2 aromatic heterocycles. The fourth-order valence-electron chi connectivity index (χ4n) is 1.72. The Morgan fingerprint density at radius 3 is 2.67 bits per heavy atom. The number of nitrogens with zero attached hydrogens (tertiary/aromatic N) is 2. The van der Waals surface area contributed by atoms with E-state index in [1.807, 2.05) is 39.0 Å². The molecule has 1 N–H and O–H groups in total. The van der Waals surface area contributed by atoms with Crippen molar-refractivity contribution in [2.75, 3.05) is 5.32 Å². The molecular weight excluding hydrogens is 226 g/mol. The Morgan fingerprint density at radius 2 is 2.06 bits per heavy atom. The van der Waals surface area contributed by atoms with Crippen LogP contribution in [-0.4, -0.2) is 15.6 Å². The second-order valence-electron chi connectivity index (χ2n) is 4.55. The van der Waals surface area contributed by atoms with Crippen molar-refractivity contribution in [3.8, 4) is 5.69 Å². The highest BCUT2D eigenvalue weighted by Gasteiger charge is 2.05. The number of hydrogen-bond donors (Lipinski definition) is 1. The van der Waals surface area contributed by atoms with Crippen LogP contribution in [0.2, 0.25) is 0 Å². The van der Waals surface area contributed by atoms with Crippen molar-refractivity contribution < 1.29 is 0 Å². The van der Waals surface area contributed by atoms with Gasteiger partial charge in [-0.3, -0.25) is 14.3 Å². The quantitative estimate of drug-likeness (QED) is 0.900. The molecule has 0 saturated heterocycles. The van der Waals surface area contributed by atoms with E-state index in [9.17, 15) is 4.79 Å². The molecule has 2 rings (SSSR count). The molecule has 0 aliphatic heterocycles. The predicted octanol–water partition coefficient (Wildman–Crippen LogP) is 2.36. The molecule has 0 unspecified atom stereocenters. The topological polar surface area (TPSA) is 46.9 Å². The zero-order chi connectivity index (χ0) is 13.1. The van der Waals surface area contributed by atoms with Crippen LogP contribution >= 0.6 is 0 Å². The third-order valence-corrected chi connectivity index (χ3v) is 2.57. The Balaban J connectivity index is 2.46. The fraction of sp³-hybridized carbons (Fsp3) is 0.286. The number of aromatic nitrogens is 2. The second-order valence-corrected chi connectivity index (χ2v) is 4.55. The molecule has 4 nitrogen and oxygen atoms in total. The number of pyridine rings is 2. The van der Waals surface area contributed by atoms with Crippen molar-refractivity contribution >= 4 is 5.69 Å². The van der Waals surface area contributed by atoms with Crippen molar-refractivity contribution in [1.82, 2.24) is 9.55 Å². The number of hydrogen-bond acceptors (Lipinski definition) is 3. The van der Waals surface area contributed by atoms with E-state index < -0.39 is 0 Å². The highest BCUT2D eigenvalue weighted by atomic mass is 16.1. The maximum Gasteiger partial charge on any atom is 0.278 e. The predicted molar refractivity (Wildman–Crippen MR) is 73.3 cm³/mol. The average molecular weight is 243 g/mol. The second kappa shape index (κ2) is 5.04. The molecule has 0 fully saturated rings. The zero-order valence-corrected chi connectivity index (χ0v) is 10.8. The van der Waals surface area contributed by atoms with Gasteiger partial charge in [0.05, 0.1) is 11.9 Å². The summed E-state index contributed by atoms with van der Waals surface area (Å²) >= 11 is 0. The van der Waals surface area contributed by atoms with Gasteiger partial charge in [0.15, 0.2) is 0 Å². The molecule has 0 aliphatic carbocycles. The standard InChI is InChI=1S/C14H17N3O/c1-10(2)16-13-5-4-8-17(14(13)18)12-7-6-11(3)15-9-12/h4-10,16H,1-3H3. The fourth-order valence-corrected chi connectivity index (χ4v) is 1.72. The smallest absolute Gasteiger partial charge is 0.278 e. The highest BCUT2D eigenvalue weighted by Crippen LogP contribution is 2.07. The number of anilines is 1. The van der Waals surface area contributed by atoms with Gasteiger partial charge in [-0.2, -0.15) is 0 Å². The van der Waals surface area contributed by atoms with Crippen LogP contribution in [0.3, 0.4) is 0 Å². The maximum atomic E-state index is 12.3. The average Bonchev–Trinajstić information content (AvgIpc) is 2.33. The van der Waals surface area contributed by atoms with E-state index >= 15 is 0 Å². The number of aryl methyl sites for hydroxylation is 1. The van der Waals surface area contributed by atoms with Gasteiger partial charge in [-0.1, -0.05) is 0 Å². The van der Waals surface area contributed by atoms with E-state index in [1.54, 1.807) is 23.0 Å². The van der Waals surface area contributed by atoms with Crippen LogP contribution in [0, 0.1) is 6.92 Å². The van der Waals surface area contributed by atoms with Gasteiger partial charge in [0.25, 0.3) is 5.56 Å². The van der Waals surface area contributed by atoms with E-state index in [2.05, 4.69) is 10.3 Å². The van der Waals surface area contributed by atoms with Crippen molar-refractivity contribution in [2.24, 2.45) is 0 Å². The van der Waals surface area contributed by atoms with Gasteiger partial charge in [0.2, 0.25) is 0 Å².